The van der Waals surface area contributed by atoms with Crippen molar-refractivity contribution in [3.05, 3.63) is 34.3 Å². The molecule has 0 aliphatic heterocycles. The highest BCUT2D eigenvalue weighted by Gasteiger charge is 2.07. The molecule has 0 aromatic heterocycles. The molecule has 3 nitrogen and oxygen atoms in total. The summed E-state index contributed by atoms with van der Waals surface area (Å²) in [7, 11) is 0. The molecule has 0 heterocycles. The van der Waals surface area contributed by atoms with Crippen molar-refractivity contribution in [1.82, 2.24) is 10.6 Å². The Kier molecular flexibility index (Phi) is 6.15. The summed E-state index contributed by atoms with van der Waals surface area (Å²) in [5, 5.41) is 6.01. The fourth-order valence-corrected chi connectivity index (χ4v) is 1.82. The second-order valence-electron chi connectivity index (χ2n) is 3.57. The molecule has 1 amide bonds. The molecule has 0 saturated carbocycles. The number of carbonyl (C=O) groups excluding carboxylic acids is 1. The summed E-state index contributed by atoms with van der Waals surface area (Å²) >= 11 is 8.34. The summed E-state index contributed by atoms with van der Waals surface area (Å²) in [6, 6.07) is 7.18. The average Bonchev–Trinajstić information content (AvgIpc) is 2.29. The molecule has 1 aromatic carbocycles. The predicted molar refractivity (Wildman–Crippen MR) is 77.1 cm³/mol. The van der Waals surface area contributed by atoms with Crippen LogP contribution in [0.1, 0.15) is 30.1 Å². The molecule has 5 heteroatoms. The maximum atomic E-state index is 11.8. The average molecular weight is 315 g/mol. The van der Waals surface area contributed by atoms with E-state index in [1.807, 2.05) is 12.1 Å². The third-order valence-corrected chi connectivity index (χ3v) is 2.87. The predicted octanol–water partition coefficient (Wildman–Crippen LogP) is 2.85. The molecule has 0 unspecified atom stereocenters. The number of nitrogens with one attached hydrogen (secondary N) is 2. The molecule has 0 bridgehead atoms. The van der Waals surface area contributed by atoms with Crippen molar-refractivity contribution >= 4 is 39.2 Å². The Labute approximate surface area is 115 Å². The Hall–Kier alpha value is -0.940. The summed E-state index contributed by atoms with van der Waals surface area (Å²) in [5.74, 6) is -0.194. The highest BCUT2D eigenvalue weighted by molar-refractivity contribution is 9.10. The van der Waals surface area contributed by atoms with Crippen LogP contribution in [0.5, 0.6) is 0 Å². The van der Waals surface area contributed by atoms with Crippen LogP contribution >= 0.6 is 28.1 Å². The SMILES string of the molecule is CCCCNC(=S)NC(=O)c1cccc(Br)c1. The van der Waals surface area contributed by atoms with Gasteiger partial charge in [0.25, 0.3) is 5.91 Å². The molecule has 0 fully saturated rings. The van der Waals surface area contributed by atoms with E-state index in [-0.39, 0.29) is 5.91 Å². The molecular weight excluding hydrogens is 300 g/mol. The van der Waals surface area contributed by atoms with Gasteiger partial charge in [-0.25, -0.2) is 0 Å². The summed E-state index contributed by atoms with van der Waals surface area (Å²) in [5.41, 5.74) is 0.582. The molecule has 0 aliphatic carbocycles. The Morgan fingerprint density at radius 3 is 2.88 bits per heavy atom. The minimum Gasteiger partial charge on any atom is -0.362 e. The van der Waals surface area contributed by atoms with Crippen molar-refractivity contribution in [1.29, 1.82) is 0 Å². The number of hydrogen-bond acceptors (Lipinski definition) is 2. The van der Waals surface area contributed by atoms with E-state index in [0.29, 0.717) is 10.7 Å². The number of halogens is 1. The Balaban J connectivity index is 2.46. The minimum absolute atomic E-state index is 0.194. The van der Waals surface area contributed by atoms with Crippen molar-refractivity contribution in [3.8, 4) is 0 Å². The molecule has 1 aromatic rings. The smallest absolute Gasteiger partial charge is 0.257 e. The number of rotatable bonds is 4. The van der Waals surface area contributed by atoms with Gasteiger partial charge in [-0.3, -0.25) is 10.1 Å². The van der Waals surface area contributed by atoms with E-state index in [9.17, 15) is 4.79 Å². The van der Waals surface area contributed by atoms with Crippen LogP contribution < -0.4 is 10.6 Å². The maximum absolute atomic E-state index is 11.8. The van der Waals surface area contributed by atoms with Gasteiger partial charge in [0.2, 0.25) is 0 Å². The van der Waals surface area contributed by atoms with Crippen LogP contribution in [-0.4, -0.2) is 17.6 Å². The summed E-state index contributed by atoms with van der Waals surface area (Å²) < 4.78 is 0.870. The minimum atomic E-state index is -0.194. The lowest BCUT2D eigenvalue weighted by Gasteiger charge is -2.08. The Morgan fingerprint density at radius 1 is 1.47 bits per heavy atom. The van der Waals surface area contributed by atoms with Gasteiger partial charge in [0.05, 0.1) is 0 Å². The number of hydrogen-bond donors (Lipinski definition) is 2. The highest BCUT2D eigenvalue weighted by Crippen LogP contribution is 2.11. The van der Waals surface area contributed by atoms with Gasteiger partial charge in [-0.2, -0.15) is 0 Å². The molecule has 0 spiro atoms. The third-order valence-electron chi connectivity index (χ3n) is 2.13. The van der Waals surface area contributed by atoms with Gasteiger partial charge in [0, 0.05) is 16.6 Å². The summed E-state index contributed by atoms with van der Waals surface area (Å²) in [6.07, 6.45) is 2.13. The first-order valence-electron chi connectivity index (χ1n) is 5.48. The molecule has 2 N–H and O–H groups in total. The lowest BCUT2D eigenvalue weighted by molar-refractivity contribution is 0.0976. The standard InChI is InChI=1S/C12H15BrN2OS/c1-2-3-7-14-12(17)15-11(16)9-5-4-6-10(13)8-9/h4-6,8H,2-3,7H2,1H3,(H2,14,15,16,17). The molecule has 0 saturated heterocycles. The van der Waals surface area contributed by atoms with Crippen LogP contribution in [0.25, 0.3) is 0 Å². The lowest BCUT2D eigenvalue weighted by Crippen LogP contribution is -2.39. The van der Waals surface area contributed by atoms with Crippen LogP contribution in [0.15, 0.2) is 28.7 Å². The lowest BCUT2D eigenvalue weighted by atomic mass is 10.2. The van der Waals surface area contributed by atoms with E-state index < -0.39 is 0 Å². The van der Waals surface area contributed by atoms with E-state index in [2.05, 4.69) is 33.5 Å². The zero-order chi connectivity index (χ0) is 12.7. The molecule has 0 aliphatic rings. The highest BCUT2D eigenvalue weighted by atomic mass is 79.9. The van der Waals surface area contributed by atoms with Gasteiger partial charge >= 0.3 is 0 Å². The van der Waals surface area contributed by atoms with Crippen molar-refractivity contribution in [2.75, 3.05) is 6.54 Å². The van der Waals surface area contributed by atoms with Crippen LogP contribution in [0, 0.1) is 0 Å². The molecule has 92 valence electrons. The van der Waals surface area contributed by atoms with Crippen molar-refractivity contribution < 1.29 is 4.79 Å². The fraction of sp³-hybridized carbons (Fsp3) is 0.333. The van der Waals surface area contributed by atoms with Gasteiger partial charge in [-0.05, 0) is 36.8 Å². The Bertz CT molecular complexity index is 409. The summed E-state index contributed by atoms with van der Waals surface area (Å²) in [6.45, 7) is 2.89. The zero-order valence-electron chi connectivity index (χ0n) is 9.63. The normalized spacial score (nSPS) is 9.76. The van der Waals surface area contributed by atoms with Gasteiger partial charge in [0.15, 0.2) is 5.11 Å². The van der Waals surface area contributed by atoms with Gasteiger partial charge in [-0.1, -0.05) is 35.3 Å². The van der Waals surface area contributed by atoms with Crippen molar-refractivity contribution in [2.24, 2.45) is 0 Å². The second-order valence-corrected chi connectivity index (χ2v) is 4.90. The molecule has 1 rings (SSSR count). The van der Waals surface area contributed by atoms with Crippen LogP contribution in [0.3, 0.4) is 0 Å². The Morgan fingerprint density at radius 2 is 2.24 bits per heavy atom. The molecule has 0 radical (unpaired) electrons. The number of unbranched alkanes of at least 4 members (excludes halogenated alkanes) is 1. The van der Waals surface area contributed by atoms with E-state index in [1.54, 1.807) is 12.1 Å². The van der Waals surface area contributed by atoms with Gasteiger partial charge < -0.3 is 5.32 Å². The molecule has 0 atom stereocenters. The van der Waals surface area contributed by atoms with Gasteiger partial charge in [-0.15, -0.1) is 0 Å². The van der Waals surface area contributed by atoms with E-state index in [0.717, 1.165) is 23.9 Å². The fourth-order valence-electron chi connectivity index (χ4n) is 1.23. The van der Waals surface area contributed by atoms with E-state index >= 15 is 0 Å². The maximum Gasteiger partial charge on any atom is 0.257 e. The first kappa shape index (κ1) is 14.1. The number of carbonyl (C=O) groups is 1. The van der Waals surface area contributed by atoms with Crippen LogP contribution in [0.2, 0.25) is 0 Å². The first-order chi connectivity index (χ1) is 8.13. The quantitative estimate of drug-likeness (QED) is 0.663. The van der Waals surface area contributed by atoms with Crippen LogP contribution in [0.4, 0.5) is 0 Å². The van der Waals surface area contributed by atoms with E-state index in [1.165, 1.54) is 0 Å². The van der Waals surface area contributed by atoms with E-state index in [4.69, 9.17) is 12.2 Å². The van der Waals surface area contributed by atoms with Crippen molar-refractivity contribution in [3.63, 3.8) is 0 Å². The van der Waals surface area contributed by atoms with Gasteiger partial charge in [0.1, 0.15) is 0 Å². The van der Waals surface area contributed by atoms with Crippen LogP contribution in [-0.2, 0) is 0 Å². The third kappa shape index (κ3) is 5.28. The number of amides is 1. The topological polar surface area (TPSA) is 41.1 Å². The number of thiocarbonyl (C=S) groups is 1. The monoisotopic (exact) mass is 314 g/mol. The number of benzene rings is 1. The molecule has 17 heavy (non-hydrogen) atoms. The zero-order valence-corrected chi connectivity index (χ0v) is 12.0. The van der Waals surface area contributed by atoms with Crippen molar-refractivity contribution in [2.45, 2.75) is 19.8 Å². The second kappa shape index (κ2) is 7.40. The first-order valence-corrected chi connectivity index (χ1v) is 6.68. The molecular formula is C12H15BrN2OS. The largest absolute Gasteiger partial charge is 0.362 e. The summed E-state index contributed by atoms with van der Waals surface area (Å²) in [4.78, 5) is 11.8.